The predicted molar refractivity (Wildman–Crippen MR) is 56.9 cm³/mol. The Morgan fingerprint density at radius 1 is 1.41 bits per heavy atom. The maximum absolute atomic E-state index is 11.8. The van der Waals surface area contributed by atoms with E-state index in [2.05, 4.69) is 15.5 Å². The van der Waals surface area contributed by atoms with Gasteiger partial charge in [0.1, 0.15) is 6.61 Å². The van der Waals surface area contributed by atoms with Crippen molar-refractivity contribution in [2.45, 2.75) is 32.2 Å². The van der Waals surface area contributed by atoms with Crippen LogP contribution in [0.15, 0.2) is 4.42 Å². The summed E-state index contributed by atoms with van der Waals surface area (Å²) >= 11 is 0. The lowest BCUT2D eigenvalue weighted by Gasteiger charge is -2.07. The van der Waals surface area contributed by atoms with E-state index in [1.54, 1.807) is 0 Å². The van der Waals surface area contributed by atoms with Crippen LogP contribution in [0.25, 0.3) is 0 Å². The molecule has 0 aliphatic rings. The minimum Gasteiger partial charge on any atom is -0.423 e. The van der Waals surface area contributed by atoms with Crippen molar-refractivity contribution in [2.24, 2.45) is 0 Å². The first-order chi connectivity index (χ1) is 8.17. The molecular weight excluding hydrogens is 232 g/mol. The number of hydrogen-bond donors (Lipinski definition) is 1. The second-order valence-corrected chi connectivity index (χ2v) is 3.50. The van der Waals surface area contributed by atoms with Gasteiger partial charge in [-0.15, -0.1) is 10.2 Å². The van der Waals surface area contributed by atoms with E-state index in [1.807, 2.05) is 14.0 Å². The van der Waals surface area contributed by atoms with E-state index in [4.69, 9.17) is 9.15 Å². The number of ether oxygens (including phenoxy) is 1. The molecule has 1 aromatic heterocycles. The topological polar surface area (TPSA) is 60.2 Å². The number of aromatic nitrogens is 2. The first kappa shape index (κ1) is 14.0. The third-order valence-corrected chi connectivity index (χ3v) is 2.24. The summed E-state index contributed by atoms with van der Waals surface area (Å²) in [6.45, 7) is 1.59. The number of nitrogens with zero attached hydrogens (tertiary/aromatic N) is 2. The zero-order valence-electron chi connectivity index (χ0n) is 9.95. The number of alkyl halides is 2. The molecule has 1 aromatic rings. The molecule has 1 N–H and O–H groups in total. The molecular formula is C10H17F2N3O2. The Balaban J connectivity index is 2.35. The number of nitrogens with one attached hydrogen (secondary N) is 1. The number of hydrogen-bond acceptors (Lipinski definition) is 5. The lowest BCUT2D eigenvalue weighted by molar-refractivity contribution is 0.0173. The lowest BCUT2D eigenvalue weighted by Crippen LogP contribution is -2.15. The molecule has 5 nitrogen and oxygen atoms in total. The van der Waals surface area contributed by atoms with E-state index in [0.29, 0.717) is 18.2 Å². The fourth-order valence-electron chi connectivity index (χ4n) is 1.34. The van der Waals surface area contributed by atoms with Crippen LogP contribution in [0.3, 0.4) is 0 Å². The highest BCUT2D eigenvalue weighted by Crippen LogP contribution is 2.14. The highest BCUT2D eigenvalue weighted by atomic mass is 19.3. The molecule has 1 heterocycles. The second kappa shape index (κ2) is 7.29. The lowest BCUT2D eigenvalue weighted by atomic mass is 10.2. The van der Waals surface area contributed by atoms with Crippen LogP contribution in [-0.4, -0.2) is 36.9 Å². The van der Waals surface area contributed by atoms with Crippen molar-refractivity contribution in [2.75, 3.05) is 20.3 Å². The molecule has 7 heteroatoms. The van der Waals surface area contributed by atoms with Crippen LogP contribution in [0.2, 0.25) is 0 Å². The summed E-state index contributed by atoms with van der Waals surface area (Å²) in [6, 6.07) is 0.0261. The van der Waals surface area contributed by atoms with Gasteiger partial charge in [-0.3, -0.25) is 0 Å². The van der Waals surface area contributed by atoms with Crippen molar-refractivity contribution >= 4 is 0 Å². The summed E-state index contributed by atoms with van der Waals surface area (Å²) in [5.74, 6) is 0.918. The van der Waals surface area contributed by atoms with E-state index in [9.17, 15) is 8.78 Å². The monoisotopic (exact) mass is 249 g/mol. The van der Waals surface area contributed by atoms with Gasteiger partial charge in [-0.2, -0.15) is 0 Å². The van der Waals surface area contributed by atoms with Gasteiger partial charge in [0.25, 0.3) is 6.43 Å². The molecule has 1 rings (SSSR count). The Morgan fingerprint density at radius 2 is 2.18 bits per heavy atom. The average Bonchev–Trinajstić information content (AvgIpc) is 2.75. The Labute approximate surface area is 98.5 Å². The Hall–Kier alpha value is -1.08. The largest absolute Gasteiger partial charge is 0.423 e. The Morgan fingerprint density at radius 3 is 2.76 bits per heavy atom. The highest BCUT2D eigenvalue weighted by Gasteiger charge is 2.14. The molecule has 0 saturated heterocycles. The fourth-order valence-corrected chi connectivity index (χ4v) is 1.34. The SMILES string of the molecule is CCC(NC)c1nnc(CCOCC(F)F)o1. The van der Waals surface area contributed by atoms with Crippen LogP contribution in [-0.2, 0) is 11.2 Å². The number of rotatable bonds is 8. The summed E-state index contributed by atoms with van der Waals surface area (Å²) in [7, 11) is 1.81. The van der Waals surface area contributed by atoms with E-state index in [0.717, 1.165) is 6.42 Å². The molecule has 0 bridgehead atoms. The van der Waals surface area contributed by atoms with Crippen molar-refractivity contribution in [3.8, 4) is 0 Å². The van der Waals surface area contributed by atoms with Gasteiger partial charge in [0, 0.05) is 6.42 Å². The quantitative estimate of drug-likeness (QED) is 0.708. The van der Waals surface area contributed by atoms with E-state index in [1.165, 1.54) is 0 Å². The fraction of sp³-hybridized carbons (Fsp3) is 0.800. The summed E-state index contributed by atoms with van der Waals surface area (Å²) in [5, 5.41) is 10.8. The van der Waals surface area contributed by atoms with Gasteiger partial charge in [-0.25, -0.2) is 8.78 Å². The first-order valence-electron chi connectivity index (χ1n) is 5.52. The third kappa shape index (κ3) is 4.74. The van der Waals surface area contributed by atoms with Gasteiger partial charge in [0.2, 0.25) is 11.8 Å². The van der Waals surface area contributed by atoms with Gasteiger partial charge >= 0.3 is 0 Å². The van der Waals surface area contributed by atoms with E-state index in [-0.39, 0.29) is 12.6 Å². The standard InChI is InChI=1S/C10H17F2N3O2/c1-3-7(13-2)10-15-14-9(17-10)4-5-16-6-8(11)12/h7-8,13H,3-6H2,1-2H3. The smallest absolute Gasteiger partial charge is 0.261 e. The van der Waals surface area contributed by atoms with E-state index < -0.39 is 13.0 Å². The zero-order chi connectivity index (χ0) is 12.7. The van der Waals surface area contributed by atoms with Gasteiger partial charge in [-0.05, 0) is 13.5 Å². The molecule has 17 heavy (non-hydrogen) atoms. The molecule has 0 aliphatic carbocycles. The Bertz CT molecular complexity index is 316. The average molecular weight is 249 g/mol. The third-order valence-electron chi connectivity index (χ3n) is 2.24. The molecule has 98 valence electrons. The minimum atomic E-state index is -2.44. The molecule has 0 spiro atoms. The van der Waals surface area contributed by atoms with Gasteiger partial charge < -0.3 is 14.5 Å². The van der Waals surface area contributed by atoms with Gasteiger partial charge in [0.15, 0.2) is 0 Å². The minimum absolute atomic E-state index is 0.0261. The molecule has 0 saturated carbocycles. The van der Waals surface area contributed by atoms with Crippen LogP contribution in [0.1, 0.15) is 31.2 Å². The highest BCUT2D eigenvalue weighted by molar-refractivity contribution is 4.89. The maximum Gasteiger partial charge on any atom is 0.261 e. The molecule has 0 amide bonds. The van der Waals surface area contributed by atoms with E-state index >= 15 is 0 Å². The van der Waals surface area contributed by atoms with Crippen molar-refractivity contribution in [3.63, 3.8) is 0 Å². The summed E-state index contributed by atoms with van der Waals surface area (Å²) < 4.78 is 33.7. The van der Waals surface area contributed by atoms with Gasteiger partial charge in [-0.1, -0.05) is 6.92 Å². The van der Waals surface area contributed by atoms with Crippen molar-refractivity contribution in [1.29, 1.82) is 0 Å². The van der Waals surface area contributed by atoms with Crippen molar-refractivity contribution in [3.05, 3.63) is 11.8 Å². The molecule has 1 unspecified atom stereocenters. The molecule has 0 radical (unpaired) electrons. The van der Waals surface area contributed by atoms with Crippen molar-refractivity contribution < 1.29 is 17.9 Å². The van der Waals surface area contributed by atoms with Crippen LogP contribution >= 0.6 is 0 Å². The number of halogens is 2. The van der Waals surface area contributed by atoms with Gasteiger partial charge in [0.05, 0.1) is 12.6 Å². The van der Waals surface area contributed by atoms with Crippen LogP contribution in [0.5, 0.6) is 0 Å². The second-order valence-electron chi connectivity index (χ2n) is 3.50. The normalized spacial score (nSPS) is 13.2. The maximum atomic E-state index is 11.8. The summed E-state index contributed by atoms with van der Waals surface area (Å²) in [4.78, 5) is 0. The molecule has 0 aliphatic heterocycles. The van der Waals surface area contributed by atoms with Crippen LogP contribution < -0.4 is 5.32 Å². The predicted octanol–water partition coefficient (Wildman–Crippen LogP) is 1.56. The van der Waals surface area contributed by atoms with Crippen molar-refractivity contribution in [1.82, 2.24) is 15.5 Å². The molecule has 0 fully saturated rings. The van der Waals surface area contributed by atoms with Crippen LogP contribution in [0, 0.1) is 0 Å². The molecule has 1 atom stereocenters. The zero-order valence-corrected chi connectivity index (χ0v) is 9.95. The Kier molecular flexibility index (Phi) is 5.99. The molecule has 0 aromatic carbocycles. The summed E-state index contributed by atoms with van der Waals surface area (Å²) in [5.41, 5.74) is 0. The van der Waals surface area contributed by atoms with Crippen LogP contribution in [0.4, 0.5) is 8.78 Å². The summed E-state index contributed by atoms with van der Waals surface area (Å²) in [6.07, 6.45) is -1.26. The first-order valence-corrected chi connectivity index (χ1v) is 5.52.